The highest BCUT2D eigenvalue weighted by atomic mass is 16.2. The van der Waals surface area contributed by atoms with Crippen LogP contribution in [0.25, 0.3) is 22.2 Å². The molecule has 6 heteroatoms. The third-order valence-electron chi connectivity index (χ3n) is 6.01. The Kier molecular flexibility index (Phi) is 5.24. The van der Waals surface area contributed by atoms with Gasteiger partial charge in [0.25, 0.3) is 0 Å². The number of nitrogens with zero attached hydrogens (tertiary/aromatic N) is 2. The lowest BCUT2D eigenvalue weighted by Gasteiger charge is -2.20. The predicted octanol–water partition coefficient (Wildman–Crippen LogP) is 3.63. The zero-order chi connectivity index (χ0) is 21.2. The number of para-hydroxylation sites is 1. The molecule has 3 N–H and O–H groups in total. The molecular formula is C25H25N5O. The van der Waals surface area contributed by atoms with Crippen LogP contribution < -0.4 is 16.2 Å². The lowest BCUT2D eigenvalue weighted by atomic mass is 9.95. The third-order valence-corrected chi connectivity index (χ3v) is 6.01. The molecule has 2 aromatic carbocycles. The van der Waals surface area contributed by atoms with Gasteiger partial charge in [-0.15, -0.1) is 0 Å². The van der Waals surface area contributed by atoms with Gasteiger partial charge < -0.3 is 9.88 Å². The lowest BCUT2D eigenvalue weighted by Crippen LogP contribution is -2.47. The van der Waals surface area contributed by atoms with Crippen molar-refractivity contribution in [1.82, 2.24) is 25.7 Å². The van der Waals surface area contributed by atoms with E-state index in [0.29, 0.717) is 0 Å². The summed E-state index contributed by atoms with van der Waals surface area (Å²) in [6.45, 7) is 2.38. The van der Waals surface area contributed by atoms with Gasteiger partial charge in [0.2, 0.25) is 5.91 Å². The highest BCUT2D eigenvalue weighted by Gasteiger charge is 2.34. The predicted molar refractivity (Wildman–Crippen MR) is 122 cm³/mol. The molecule has 3 heterocycles. The second-order valence-corrected chi connectivity index (χ2v) is 7.99. The number of hydrazine groups is 1. The molecule has 0 saturated carbocycles. The molecule has 5 rings (SSSR count). The first-order valence-electron chi connectivity index (χ1n) is 10.5. The highest BCUT2D eigenvalue weighted by molar-refractivity contribution is 5.89. The van der Waals surface area contributed by atoms with Crippen LogP contribution in [0.1, 0.15) is 18.5 Å². The molecular weight excluding hydrogens is 386 g/mol. The molecule has 1 aliphatic rings. The van der Waals surface area contributed by atoms with E-state index in [-0.39, 0.29) is 30.6 Å². The molecule has 156 valence electrons. The van der Waals surface area contributed by atoms with Gasteiger partial charge in [-0.05, 0) is 35.4 Å². The van der Waals surface area contributed by atoms with Crippen LogP contribution in [-0.2, 0) is 11.3 Å². The van der Waals surface area contributed by atoms with Gasteiger partial charge in [-0.25, -0.2) is 10.9 Å². The number of fused-ring (bicyclic) bond motifs is 1. The third kappa shape index (κ3) is 3.83. The summed E-state index contributed by atoms with van der Waals surface area (Å²) in [6.07, 6.45) is 3.42. The van der Waals surface area contributed by atoms with Gasteiger partial charge in [0.05, 0.1) is 12.2 Å². The minimum absolute atomic E-state index is 0.0277. The average Bonchev–Trinajstić information content (AvgIpc) is 3.36. The zero-order valence-electron chi connectivity index (χ0n) is 17.3. The second-order valence-electron chi connectivity index (χ2n) is 7.99. The Hall–Kier alpha value is -3.48. The fourth-order valence-electron chi connectivity index (χ4n) is 4.35. The number of benzene rings is 2. The van der Waals surface area contributed by atoms with Crippen molar-refractivity contribution in [3.63, 3.8) is 0 Å². The summed E-state index contributed by atoms with van der Waals surface area (Å²) in [4.78, 5) is 17.2. The largest absolute Gasteiger partial charge is 0.338 e. The van der Waals surface area contributed by atoms with Crippen LogP contribution in [-0.4, -0.2) is 21.6 Å². The molecule has 3 atom stereocenters. The second kappa shape index (κ2) is 8.34. The Morgan fingerprint density at radius 2 is 1.74 bits per heavy atom. The van der Waals surface area contributed by atoms with Crippen LogP contribution in [0.15, 0.2) is 85.2 Å². The van der Waals surface area contributed by atoms with Crippen molar-refractivity contribution >= 4 is 16.8 Å². The number of hydrogen-bond donors (Lipinski definition) is 3. The van der Waals surface area contributed by atoms with Crippen LogP contribution in [0.5, 0.6) is 0 Å². The van der Waals surface area contributed by atoms with Crippen LogP contribution >= 0.6 is 0 Å². The molecule has 2 aromatic heterocycles. The Labute approximate surface area is 181 Å². The van der Waals surface area contributed by atoms with Crippen molar-refractivity contribution in [3.05, 3.63) is 90.8 Å². The number of amides is 1. The number of pyridine rings is 1. The number of nitrogens with one attached hydrogen (secondary N) is 3. The van der Waals surface area contributed by atoms with Crippen LogP contribution in [0, 0.1) is 5.92 Å². The molecule has 4 aromatic rings. The maximum absolute atomic E-state index is 13.1. The summed E-state index contributed by atoms with van der Waals surface area (Å²) in [5.74, 6) is 0.154. The molecule has 0 bridgehead atoms. The van der Waals surface area contributed by atoms with Gasteiger partial charge in [0.1, 0.15) is 6.54 Å². The molecule has 1 amide bonds. The maximum atomic E-state index is 13.1. The SMILES string of the molecule is CC1C(NC(=O)Cn2c(-c3ccccc3)cc3ccccc32)NNC1c1ccncc1. The summed E-state index contributed by atoms with van der Waals surface area (Å²) in [5.41, 5.74) is 10.9. The maximum Gasteiger partial charge on any atom is 0.241 e. The van der Waals surface area contributed by atoms with Crippen molar-refractivity contribution in [3.8, 4) is 11.3 Å². The molecule has 6 nitrogen and oxygen atoms in total. The monoisotopic (exact) mass is 411 g/mol. The molecule has 0 radical (unpaired) electrons. The van der Waals surface area contributed by atoms with Gasteiger partial charge >= 0.3 is 0 Å². The van der Waals surface area contributed by atoms with Gasteiger partial charge in [-0.3, -0.25) is 9.78 Å². The zero-order valence-corrected chi connectivity index (χ0v) is 17.3. The topological polar surface area (TPSA) is 71.0 Å². The van der Waals surface area contributed by atoms with E-state index in [1.54, 1.807) is 12.4 Å². The number of carbonyl (C=O) groups is 1. The van der Waals surface area contributed by atoms with E-state index in [0.717, 1.165) is 27.7 Å². The van der Waals surface area contributed by atoms with E-state index >= 15 is 0 Å². The van der Waals surface area contributed by atoms with E-state index in [9.17, 15) is 4.79 Å². The minimum atomic E-state index is -0.160. The van der Waals surface area contributed by atoms with Gasteiger partial charge in [0, 0.05) is 34.9 Å². The van der Waals surface area contributed by atoms with Gasteiger partial charge in [-0.1, -0.05) is 55.5 Å². The Balaban J connectivity index is 1.36. The smallest absolute Gasteiger partial charge is 0.241 e. The van der Waals surface area contributed by atoms with E-state index < -0.39 is 0 Å². The quantitative estimate of drug-likeness (QED) is 0.469. The Morgan fingerprint density at radius 3 is 2.55 bits per heavy atom. The van der Waals surface area contributed by atoms with Gasteiger partial charge in [-0.2, -0.15) is 0 Å². The standard InChI is InChI=1S/C25H25N5O/c1-17-24(19-11-13-26-14-12-19)28-29-25(17)27-23(31)16-30-21-10-6-5-9-20(21)15-22(30)18-7-3-2-4-8-18/h2-15,17,24-25,28-29H,16H2,1H3,(H,27,31). The van der Waals surface area contributed by atoms with E-state index in [2.05, 4.69) is 63.0 Å². The van der Waals surface area contributed by atoms with Gasteiger partial charge in [0.15, 0.2) is 0 Å². The summed E-state index contributed by atoms with van der Waals surface area (Å²) in [7, 11) is 0. The fraction of sp³-hybridized carbons (Fsp3) is 0.200. The van der Waals surface area contributed by atoms with Crippen LogP contribution in [0.3, 0.4) is 0 Å². The fourth-order valence-corrected chi connectivity index (χ4v) is 4.35. The highest BCUT2D eigenvalue weighted by Crippen LogP contribution is 2.29. The molecule has 1 fully saturated rings. The summed E-state index contributed by atoms with van der Waals surface area (Å²) >= 11 is 0. The summed E-state index contributed by atoms with van der Waals surface area (Å²) in [5, 5.41) is 4.29. The first-order valence-corrected chi connectivity index (χ1v) is 10.5. The number of aromatic nitrogens is 2. The van der Waals surface area contributed by atoms with Crippen molar-refractivity contribution in [1.29, 1.82) is 0 Å². The molecule has 0 aliphatic carbocycles. The normalized spacial score (nSPS) is 20.7. The minimum Gasteiger partial charge on any atom is -0.338 e. The van der Waals surface area contributed by atoms with Crippen molar-refractivity contribution in [2.75, 3.05) is 0 Å². The number of carbonyl (C=O) groups excluding carboxylic acids is 1. The van der Waals surface area contributed by atoms with Crippen molar-refractivity contribution in [2.24, 2.45) is 5.92 Å². The van der Waals surface area contributed by atoms with Crippen LogP contribution in [0.4, 0.5) is 0 Å². The molecule has 1 saturated heterocycles. The van der Waals surface area contributed by atoms with Crippen LogP contribution in [0.2, 0.25) is 0 Å². The summed E-state index contributed by atoms with van der Waals surface area (Å²) < 4.78 is 2.09. The van der Waals surface area contributed by atoms with E-state index in [4.69, 9.17) is 0 Å². The Bertz CT molecular complexity index is 1190. The molecule has 31 heavy (non-hydrogen) atoms. The Morgan fingerprint density at radius 1 is 1.00 bits per heavy atom. The van der Waals surface area contributed by atoms with E-state index in [1.165, 1.54) is 0 Å². The number of rotatable bonds is 5. The van der Waals surface area contributed by atoms with Crippen molar-refractivity contribution < 1.29 is 4.79 Å². The molecule has 1 aliphatic heterocycles. The summed E-state index contributed by atoms with van der Waals surface area (Å²) in [6, 6.07) is 24.6. The first-order chi connectivity index (χ1) is 15.2. The lowest BCUT2D eigenvalue weighted by molar-refractivity contribution is -0.122. The van der Waals surface area contributed by atoms with Crippen molar-refractivity contribution in [2.45, 2.75) is 25.7 Å². The molecule has 0 spiro atoms. The molecule has 3 unspecified atom stereocenters. The average molecular weight is 412 g/mol. The first kappa shape index (κ1) is 19.5. The number of hydrogen-bond acceptors (Lipinski definition) is 4. The van der Waals surface area contributed by atoms with E-state index in [1.807, 2.05) is 42.5 Å².